The molecule has 1 heterocycles. The van der Waals surface area contributed by atoms with Crippen molar-refractivity contribution in [2.45, 2.75) is 19.9 Å². The van der Waals surface area contributed by atoms with Gasteiger partial charge in [-0.15, -0.1) is 0 Å². The number of methoxy groups -OCH3 is 1. The van der Waals surface area contributed by atoms with Crippen LogP contribution in [0.2, 0.25) is 0 Å². The molecule has 0 bridgehead atoms. The van der Waals surface area contributed by atoms with Gasteiger partial charge < -0.3 is 10.1 Å². The zero-order valence-corrected chi connectivity index (χ0v) is 11.3. The van der Waals surface area contributed by atoms with Crippen molar-refractivity contribution < 1.29 is 9.53 Å². The van der Waals surface area contributed by atoms with Gasteiger partial charge in [-0.25, -0.2) is 4.68 Å². The van der Waals surface area contributed by atoms with Crippen molar-refractivity contribution in [1.29, 1.82) is 0 Å². The van der Waals surface area contributed by atoms with E-state index >= 15 is 0 Å². The Morgan fingerprint density at radius 1 is 1.26 bits per heavy atom. The molecule has 2 aromatic rings. The summed E-state index contributed by atoms with van der Waals surface area (Å²) in [7, 11) is 1.59. The lowest BCUT2D eigenvalue weighted by Crippen LogP contribution is -2.16. The zero-order valence-electron chi connectivity index (χ0n) is 11.3. The van der Waals surface area contributed by atoms with Crippen LogP contribution in [0.1, 0.15) is 30.2 Å². The molecule has 1 amide bonds. The highest BCUT2D eigenvalue weighted by Crippen LogP contribution is 2.16. The van der Waals surface area contributed by atoms with Crippen molar-refractivity contribution in [3.63, 3.8) is 0 Å². The molecule has 100 valence electrons. The van der Waals surface area contributed by atoms with Crippen LogP contribution in [0.4, 0.5) is 5.82 Å². The van der Waals surface area contributed by atoms with Gasteiger partial charge in [-0.3, -0.25) is 4.79 Å². The van der Waals surface area contributed by atoms with Gasteiger partial charge in [-0.2, -0.15) is 5.10 Å². The maximum atomic E-state index is 12.1. The average Bonchev–Trinajstić information content (AvgIpc) is 2.87. The Morgan fingerprint density at radius 2 is 1.95 bits per heavy atom. The third-order valence-corrected chi connectivity index (χ3v) is 2.75. The van der Waals surface area contributed by atoms with Crippen molar-refractivity contribution >= 4 is 11.7 Å². The standard InChI is InChI=1S/C14H17N3O2/c1-10(2)17-13(8-9-15-17)16-14(18)11-4-6-12(19-3)7-5-11/h4-10H,1-3H3,(H,16,18). The number of benzene rings is 1. The molecule has 0 fully saturated rings. The minimum Gasteiger partial charge on any atom is -0.497 e. The number of carbonyl (C=O) groups excluding carboxylic acids is 1. The summed E-state index contributed by atoms with van der Waals surface area (Å²) in [5.74, 6) is 1.25. The Morgan fingerprint density at radius 3 is 2.53 bits per heavy atom. The first kappa shape index (κ1) is 13.1. The summed E-state index contributed by atoms with van der Waals surface area (Å²) in [5, 5.41) is 7.02. The Labute approximate surface area is 112 Å². The Kier molecular flexibility index (Phi) is 3.85. The molecule has 0 spiro atoms. The number of nitrogens with zero attached hydrogens (tertiary/aromatic N) is 2. The summed E-state index contributed by atoms with van der Waals surface area (Å²) in [4.78, 5) is 12.1. The first-order valence-electron chi connectivity index (χ1n) is 6.10. The molecule has 0 atom stereocenters. The summed E-state index contributed by atoms with van der Waals surface area (Å²) in [5.41, 5.74) is 0.581. The lowest BCUT2D eigenvalue weighted by molar-refractivity contribution is 0.102. The molecule has 0 saturated carbocycles. The van der Waals surface area contributed by atoms with Gasteiger partial charge in [-0.1, -0.05) is 0 Å². The van der Waals surface area contributed by atoms with E-state index in [1.165, 1.54) is 0 Å². The molecule has 0 unspecified atom stereocenters. The minimum absolute atomic E-state index is 0.162. The zero-order chi connectivity index (χ0) is 13.8. The van der Waals surface area contributed by atoms with Crippen LogP contribution >= 0.6 is 0 Å². The highest BCUT2D eigenvalue weighted by atomic mass is 16.5. The second kappa shape index (κ2) is 5.56. The molecule has 2 rings (SSSR count). The molecule has 0 aliphatic heterocycles. The summed E-state index contributed by atoms with van der Waals surface area (Å²) >= 11 is 0. The highest BCUT2D eigenvalue weighted by Gasteiger charge is 2.11. The third-order valence-electron chi connectivity index (χ3n) is 2.75. The monoisotopic (exact) mass is 259 g/mol. The van der Waals surface area contributed by atoms with E-state index in [0.717, 1.165) is 5.75 Å². The van der Waals surface area contributed by atoms with Gasteiger partial charge in [0, 0.05) is 17.7 Å². The minimum atomic E-state index is -0.162. The van der Waals surface area contributed by atoms with Crippen LogP contribution in [0.5, 0.6) is 5.75 Å². The van der Waals surface area contributed by atoms with E-state index in [9.17, 15) is 4.79 Å². The number of anilines is 1. The molecule has 5 nitrogen and oxygen atoms in total. The fraction of sp³-hybridized carbons (Fsp3) is 0.286. The number of hydrogen-bond acceptors (Lipinski definition) is 3. The highest BCUT2D eigenvalue weighted by molar-refractivity contribution is 6.03. The van der Waals surface area contributed by atoms with Gasteiger partial charge >= 0.3 is 0 Å². The lowest BCUT2D eigenvalue weighted by atomic mass is 10.2. The molecule has 0 aliphatic rings. The number of amides is 1. The van der Waals surface area contributed by atoms with Gasteiger partial charge in [0.2, 0.25) is 0 Å². The average molecular weight is 259 g/mol. The van der Waals surface area contributed by atoms with Gasteiger partial charge in [0.1, 0.15) is 11.6 Å². The topological polar surface area (TPSA) is 56.1 Å². The molecule has 1 aromatic heterocycles. The van der Waals surface area contributed by atoms with Crippen molar-refractivity contribution in [2.24, 2.45) is 0 Å². The molecule has 1 aromatic carbocycles. The molecule has 0 aliphatic carbocycles. The van der Waals surface area contributed by atoms with Crippen molar-refractivity contribution in [2.75, 3.05) is 12.4 Å². The predicted molar refractivity (Wildman–Crippen MR) is 73.6 cm³/mol. The van der Waals surface area contributed by atoms with Crippen LogP contribution in [0.3, 0.4) is 0 Å². The molecular formula is C14H17N3O2. The summed E-state index contributed by atoms with van der Waals surface area (Å²) in [6.45, 7) is 4.02. The molecule has 1 N–H and O–H groups in total. The van der Waals surface area contributed by atoms with Crippen molar-refractivity contribution in [1.82, 2.24) is 9.78 Å². The smallest absolute Gasteiger partial charge is 0.256 e. The number of ether oxygens (including phenoxy) is 1. The number of aromatic nitrogens is 2. The maximum absolute atomic E-state index is 12.1. The van der Waals surface area contributed by atoms with E-state index in [4.69, 9.17) is 4.74 Å². The van der Waals surface area contributed by atoms with Crippen LogP contribution in [0, 0.1) is 0 Å². The van der Waals surface area contributed by atoms with E-state index in [2.05, 4.69) is 10.4 Å². The first-order valence-corrected chi connectivity index (χ1v) is 6.10. The van der Waals surface area contributed by atoms with E-state index in [0.29, 0.717) is 11.4 Å². The number of rotatable bonds is 4. The predicted octanol–water partition coefficient (Wildman–Crippen LogP) is 2.72. The number of nitrogens with one attached hydrogen (secondary N) is 1. The number of hydrogen-bond donors (Lipinski definition) is 1. The Balaban J connectivity index is 2.13. The van der Waals surface area contributed by atoms with Gasteiger partial charge in [0.25, 0.3) is 5.91 Å². The lowest BCUT2D eigenvalue weighted by Gasteiger charge is -2.11. The molecule has 0 saturated heterocycles. The fourth-order valence-corrected chi connectivity index (χ4v) is 1.76. The normalized spacial score (nSPS) is 10.5. The Hall–Kier alpha value is -2.30. The van der Waals surface area contributed by atoms with E-state index in [1.54, 1.807) is 48.3 Å². The van der Waals surface area contributed by atoms with E-state index in [-0.39, 0.29) is 11.9 Å². The largest absolute Gasteiger partial charge is 0.497 e. The molecule has 19 heavy (non-hydrogen) atoms. The van der Waals surface area contributed by atoms with Crippen LogP contribution in [0.25, 0.3) is 0 Å². The van der Waals surface area contributed by atoms with Crippen LogP contribution in [0.15, 0.2) is 36.5 Å². The Bertz CT molecular complexity index is 558. The van der Waals surface area contributed by atoms with Crippen LogP contribution in [-0.4, -0.2) is 22.8 Å². The summed E-state index contributed by atoms with van der Waals surface area (Å²) in [6.07, 6.45) is 1.67. The summed E-state index contributed by atoms with van der Waals surface area (Å²) in [6, 6.07) is 8.94. The second-order valence-electron chi connectivity index (χ2n) is 4.44. The third kappa shape index (κ3) is 2.93. The summed E-state index contributed by atoms with van der Waals surface area (Å²) < 4.78 is 6.82. The molecular weight excluding hydrogens is 242 g/mol. The molecule has 0 radical (unpaired) electrons. The quantitative estimate of drug-likeness (QED) is 0.918. The van der Waals surface area contributed by atoms with Gasteiger partial charge in [-0.05, 0) is 38.1 Å². The van der Waals surface area contributed by atoms with Crippen LogP contribution in [-0.2, 0) is 0 Å². The second-order valence-corrected chi connectivity index (χ2v) is 4.44. The maximum Gasteiger partial charge on any atom is 0.256 e. The fourth-order valence-electron chi connectivity index (χ4n) is 1.76. The van der Waals surface area contributed by atoms with Crippen LogP contribution < -0.4 is 10.1 Å². The number of carbonyl (C=O) groups is 1. The SMILES string of the molecule is COc1ccc(C(=O)Nc2ccnn2C(C)C)cc1. The van der Waals surface area contributed by atoms with E-state index < -0.39 is 0 Å². The molecule has 5 heteroatoms. The van der Waals surface area contributed by atoms with Crippen molar-refractivity contribution in [3.05, 3.63) is 42.1 Å². The van der Waals surface area contributed by atoms with Gasteiger partial charge in [0.05, 0.1) is 13.3 Å². The van der Waals surface area contributed by atoms with E-state index in [1.807, 2.05) is 13.8 Å². The first-order chi connectivity index (χ1) is 9.11. The van der Waals surface area contributed by atoms with Gasteiger partial charge in [0.15, 0.2) is 0 Å². The van der Waals surface area contributed by atoms with Crippen molar-refractivity contribution in [3.8, 4) is 5.75 Å².